The molecule has 1 amide bonds. The van der Waals surface area contributed by atoms with E-state index in [1.807, 2.05) is 41.5 Å². The molecule has 1 heterocycles. The van der Waals surface area contributed by atoms with Crippen molar-refractivity contribution in [2.45, 2.75) is 38.0 Å². The Morgan fingerprint density at radius 1 is 1.03 bits per heavy atom. The lowest BCUT2D eigenvalue weighted by Crippen LogP contribution is -2.33. The van der Waals surface area contributed by atoms with Crippen molar-refractivity contribution in [2.24, 2.45) is 0 Å². The summed E-state index contributed by atoms with van der Waals surface area (Å²) in [4.78, 5) is 38.3. The number of fused-ring (bicyclic) bond motifs is 1. The Balaban J connectivity index is 2.26. The van der Waals surface area contributed by atoms with Crippen LogP contribution in [0.25, 0.3) is 0 Å². The molecule has 0 aliphatic carbocycles. The third-order valence-electron chi connectivity index (χ3n) is 5.10. The van der Waals surface area contributed by atoms with Gasteiger partial charge in [0.05, 0.1) is 4.90 Å². The maximum absolute atomic E-state index is 12.2. The number of thioether (sulfide) groups is 1. The SMILES string of the molecule is CSc1c2c(cc(OC(C)=O)c1OC(C)=O)C(c1ccccc1)CN(C(C)=O)CC2. The number of amides is 1. The van der Waals surface area contributed by atoms with Gasteiger partial charge in [-0.05, 0) is 35.4 Å². The summed E-state index contributed by atoms with van der Waals surface area (Å²) in [6.45, 7) is 5.28. The van der Waals surface area contributed by atoms with Crippen LogP contribution in [-0.2, 0) is 20.8 Å². The maximum Gasteiger partial charge on any atom is 0.308 e. The molecule has 7 heteroatoms. The van der Waals surface area contributed by atoms with E-state index >= 15 is 0 Å². The third kappa shape index (κ3) is 4.67. The van der Waals surface area contributed by atoms with E-state index < -0.39 is 11.9 Å². The van der Waals surface area contributed by atoms with Gasteiger partial charge >= 0.3 is 11.9 Å². The fraction of sp³-hybridized carbons (Fsp3) is 0.348. The lowest BCUT2D eigenvalue weighted by atomic mass is 9.87. The summed E-state index contributed by atoms with van der Waals surface area (Å²) in [6.07, 6.45) is 2.51. The monoisotopic (exact) mass is 427 g/mol. The fourth-order valence-corrected chi connectivity index (χ4v) is 4.64. The number of carbonyl (C=O) groups excluding carboxylic acids is 3. The van der Waals surface area contributed by atoms with Gasteiger partial charge in [0.2, 0.25) is 5.91 Å². The molecule has 0 saturated carbocycles. The van der Waals surface area contributed by atoms with Crippen LogP contribution < -0.4 is 9.47 Å². The number of nitrogens with zero attached hydrogens (tertiary/aromatic N) is 1. The molecule has 30 heavy (non-hydrogen) atoms. The molecule has 1 aliphatic heterocycles. The highest BCUT2D eigenvalue weighted by molar-refractivity contribution is 7.98. The van der Waals surface area contributed by atoms with Gasteiger partial charge in [0.25, 0.3) is 0 Å². The Morgan fingerprint density at radius 3 is 2.27 bits per heavy atom. The highest BCUT2D eigenvalue weighted by Gasteiger charge is 2.31. The van der Waals surface area contributed by atoms with E-state index in [0.717, 1.165) is 21.6 Å². The van der Waals surface area contributed by atoms with Gasteiger partial charge in [0.1, 0.15) is 0 Å². The molecule has 1 unspecified atom stereocenters. The molecule has 3 rings (SSSR count). The molecule has 0 spiro atoms. The quantitative estimate of drug-likeness (QED) is 0.420. The second-order valence-electron chi connectivity index (χ2n) is 7.17. The Bertz CT molecular complexity index is 973. The minimum atomic E-state index is -0.495. The second-order valence-corrected chi connectivity index (χ2v) is 7.99. The van der Waals surface area contributed by atoms with Gasteiger partial charge in [0.15, 0.2) is 11.5 Å². The number of ether oxygens (including phenoxy) is 2. The first-order chi connectivity index (χ1) is 14.3. The van der Waals surface area contributed by atoms with Crippen molar-refractivity contribution in [3.8, 4) is 11.5 Å². The molecule has 0 saturated heterocycles. The lowest BCUT2D eigenvalue weighted by molar-refractivity contribution is -0.134. The normalized spacial score (nSPS) is 15.7. The maximum atomic E-state index is 12.2. The van der Waals surface area contributed by atoms with Crippen molar-refractivity contribution in [1.29, 1.82) is 0 Å². The zero-order chi connectivity index (χ0) is 21.8. The van der Waals surface area contributed by atoms with Crippen LogP contribution in [0.2, 0.25) is 0 Å². The Labute approximate surface area is 180 Å². The van der Waals surface area contributed by atoms with E-state index in [1.54, 1.807) is 13.0 Å². The van der Waals surface area contributed by atoms with Crippen LogP contribution in [0.5, 0.6) is 11.5 Å². The summed E-state index contributed by atoms with van der Waals surface area (Å²) in [5.74, 6) is -0.595. The second kappa shape index (κ2) is 9.34. The Hall–Kier alpha value is -2.80. The number of hydrogen-bond donors (Lipinski definition) is 0. The summed E-state index contributed by atoms with van der Waals surface area (Å²) in [5.41, 5.74) is 3.04. The first-order valence-electron chi connectivity index (χ1n) is 9.72. The molecule has 6 nitrogen and oxygen atoms in total. The number of hydrogen-bond acceptors (Lipinski definition) is 6. The molecule has 0 aromatic heterocycles. The average molecular weight is 428 g/mol. The fourth-order valence-electron chi connectivity index (χ4n) is 3.84. The summed E-state index contributed by atoms with van der Waals surface area (Å²) < 4.78 is 10.9. The van der Waals surface area contributed by atoms with Crippen molar-refractivity contribution in [3.63, 3.8) is 0 Å². The van der Waals surface area contributed by atoms with E-state index in [2.05, 4.69) is 0 Å². The number of rotatable bonds is 4. The molecule has 2 aromatic rings. The van der Waals surface area contributed by atoms with Gasteiger partial charge in [-0.3, -0.25) is 14.4 Å². The first kappa shape index (κ1) is 21.9. The van der Waals surface area contributed by atoms with Gasteiger partial charge in [-0.1, -0.05) is 30.3 Å². The predicted octanol–water partition coefficient (Wildman–Crippen LogP) is 3.80. The zero-order valence-corrected chi connectivity index (χ0v) is 18.4. The molecular weight excluding hydrogens is 402 g/mol. The number of benzene rings is 2. The van der Waals surface area contributed by atoms with Crippen LogP contribution in [-0.4, -0.2) is 42.1 Å². The van der Waals surface area contributed by atoms with Gasteiger partial charge < -0.3 is 14.4 Å². The smallest absolute Gasteiger partial charge is 0.308 e. The highest BCUT2D eigenvalue weighted by atomic mass is 32.2. The van der Waals surface area contributed by atoms with Gasteiger partial charge in [-0.25, -0.2) is 0 Å². The Kier molecular flexibility index (Phi) is 6.82. The number of esters is 2. The van der Waals surface area contributed by atoms with E-state index in [-0.39, 0.29) is 23.3 Å². The molecule has 1 aliphatic rings. The number of carbonyl (C=O) groups is 3. The van der Waals surface area contributed by atoms with Crippen LogP contribution in [0.15, 0.2) is 41.3 Å². The molecule has 158 valence electrons. The lowest BCUT2D eigenvalue weighted by Gasteiger charge is -2.25. The Morgan fingerprint density at radius 2 is 1.70 bits per heavy atom. The van der Waals surface area contributed by atoms with Gasteiger partial charge in [0, 0.05) is 39.8 Å². The summed E-state index contributed by atoms with van der Waals surface area (Å²) >= 11 is 1.44. The van der Waals surface area contributed by atoms with Crippen LogP contribution in [0.3, 0.4) is 0 Å². The van der Waals surface area contributed by atoms with Gasteiger partial charge in [-0.2, -0.15) is 0 Å². The van der Waals surface area contributed by atoms with Crippen molar-refractivity contribution in [2.75, 3.05) is 19.3 Å². The van der Waals surface area contributed by atoms with Crippen molar-refractivity contribution >= 4 is 29.6 Å². The van der Waals surface area contributed by atoms with Crippen molar-refractivity contribution < 1.29 is 23.9 Å². The average Bonchev–Trinajstić information content (AvgIpc) is 2.88. The largest absolute Gasteiger partial charge is 0.423 e. The molecule has 2 aromatic carbocycles. The van der Waals surface area contributed by atoms with Crippen LogP contribution in [0.1, 0.15) is 43.4 Å². The molecule has 0 bridgehead atoms. The van der Waals surface area contributed by atoms with Crippen LogP contribution in [0.4, 0.5) is 0 Å². The molecule has 1 atom stereocenters. The topological polar surface area (TPSA) is 72.9 Å². The van der Waals surface area contributed by atoms with Crippen molar-refractivity contribution in [1.82, 2.24) is 4.90 Å². The van der Waals surface area contributed by atoms with E-state index in [9.17, 15) is 14.4 Å². The van der Waals surface area contributed by atoms with E-state index in [1.165, 1.54) is 25.6 Å². The van der Waals surface area contributed by atoms with Crippen molar-refractivity contribution in [3.05, 3.63) is 53.1 Å². The van der Waals surface area contributed by atoms with E-state index in [0.29, 0.717) is 19.5 Å². The molecule has 0 radical (unpaired) electrons. The summed E-state index contributed by atoms with van der Waals surface area (Å²) in [6, 6.07) is 11.7. The zero-order valence-electron chi connectivity index (χ0n) is 17.6. The minimum Gasteiger partial charge on any atom is -0.423 e. The molecule has 0 N–H and O–H groups in total. The minimum absolute atomic E-state index is 0.00913. The van der Waals surface area contributed by atoms with Crippen LogP contribution in [0, 0.1) is 0 Å². The van der Waals surface area contributed by atoms with Crippen LogP contribution >= 0.6 is 11.8 Å². The molecule has 0 fully saturated rings. The predicted molar refractivity (Wildman–Crippen MR) is 115 cm³/mol. The summed E-state index contributed by atoms with van der Waals surface area (Å²) in [7, 11) is 0. The van der Waals surface area contributed by atoms with Gasteiger partial charge in [-0.15, -0.1) is 11.8 Å². The highest BCUT2D eigenvalue weighted by Crippen LogP contribution is 2.46. The standard InChI is InChI=1S/C23H25NO5S/c1-14(25)24-11-10-18-19(20(13-24)17-8-6-5-7-9-17)12-21(28-15(2)26)22(23(18)30-4)29-16(3)27/h5-9,12,20H,10-11,13H2,1-4H3. The first-order valence-corrected chi connectivity index (χ1v) is 10.9. The summed E-state index contributed by atoms with van der Waals surface area (Å²) in [5, 5.41) is 0. The van der Waals surface area contributed by atoms with E-state index in [4.69, 9.17) is 9.47 Å². The molecular formula is C23H25NO5S. The third-order valence-corrected chi connectivity index (χ3v) is 5.94.